The van der Waals surface area contributed by atoms with Crippen LogP contribution in [0, 0.1) is 6.92 Å². The number of amides is 1. The molecular weight excluding hydrogens is 348 g/mol. The standard InChI is InChI=1S/C17H19ClN2O3S/c1-13-7-9-15(10-8-13)20(14(2)21)12-11-19-24(22,23)17-6-4-3-5-16(17)18/h3-10,19H,11-12H2,1-2H3. The fraction of sp³-hybridized carbons (Fsp3) is 0.235. The first-order valence-corrected chi connectivity index (χ1v) is 9.26. The molecule has 0 aliphatic rings. The minimum atomic E-state index is -3.72. The Balaban J connectivity index is 2.07. The van der Waals surface area contributed by atoms with E-state index in [-0.39, 0.29) is 28.9 Å². The Morgan fingerprint density at radius 2 is 1.75 bits per heavy atom. The van der Waals surface area contributed by atoms with E-state index in [2.05, 4.69) is 4.72 Å². The Morgan fingerprint density at radius 1 is 1.12 bits per heavy atom. The van der Waals surface area contributed by atoms with Crippen molar-refractivity contribution in [2.45, 2.75) is 18.7 Å². The van der Waals surface area contributed by atoms with Gasteiger partial charge in [-0.1, -0.05) is 41.4 Å². The summed E-state index contributed by atoms with van der Waals surface area (Å²) >= 11 is 5.93. The van der Waals surface area contributed by atoms with Crippen LogP contribution in [0.15, 0.2) is 53.4 Å². The second-order valence-electron chi connectivity index (χ2n) is 5.33. The average molecular weight is 367 g/mol. The van der Waals surface area contributed by atoms with E-state index in [1.165, 1.54) is 24.0 Å². The molecule has 5 nitrogen and oxygen atoms in total. The third-order valence-electron chi connectivity index (χ3n) is 3.48. The summed E-state index contributed by atoms with van der Waals surface area (Å²) < 4.78 is 27.0. The van der Waals surface area contributed by atoms with Crippen LogP contribution < -0.4 is 9.62 Å². The van der Waals surface area contributed by atoms with Crippen LogP contribution >= 0.6 is 11.6 Å². The first-order chi connectivity index (χ1) is 11.3. The number of nitrogens with zero attached hydrogens (tertiary/aromatic N) is 1. The number of hydrogen-bond donors (Lipinski definition) is 1. The molecule has 7 heteroatoms. The number of rotatable bonds is 6. The highest BCUT2D eigenvalue weighted by molar-refractivity contribution is 7.89. The van der Waals surface area contributed by atoms with Gasteiger partial charge in [-0.3, -0.25) is 4.79 Å². The predicted octanol–water partition coefficient (Wildman–Crippen LogP) is 2.98. The van der Waals surface area contributed by atoms with Gasteiger partial charge in [-0.2, -0.15) is 0 Å². The van der Waals surface area contributed by atoms with Gasteiger partial charge in [0.1, 0.15) is 4.90 Å². The first kappa shape index (κ1) is 18.4. The molecule has 24 heavy (non-hydrogen) atoms. The molecule has 128 valence electrons. The summed E-state index contributed by atoms with van der Waals surface area (Å²) in [6, 6.07) is 13.7. The Morgan fingerprint density at radius 3 is 2.33 bits per heavy atom. The average Bonchev–Trinajstić information content (AvgIpc) is 2.52. The molecule has 2 rings (SSSR count). The zero-order chi connectivity index (χ0) is 17.7. The molecule has 0 atom stereocenters. The van der Waals surface area contributed by atoms with Gasteiger partial charge in [-0.15, -0.1) is 0 Å². The third kappa shape index (κ3) is 4.56. The fourth-order valence-electron chi connectivity index (χ4n) is 2.23. The maximum atomic E-state index is 12.3. The van der Waals surface area contributed by atoms with Gasteiger partial charge >= 0.3 is 0 Å². The minimum absolute atomic E-state index is 0.0244. The van der Waals surface area contributed by atoms with Gasteiger partial charge in [-0.05, 0) is 31.2 Å². The number of benzene rings is 2. The summed E-state index contributed by atoms with van der Waals surface area (Å²) in [6.45, 7) is 3.71. The van der Waals surface area contributed by atoms with Crippen LogP contribution in [-0.2, 0) is 14.8 Å². The van der Waals surface area contributed by atoms with E-state index >= 15 is 0 Å². The molecule has 0 bridgehead atoms. The first-order valence-electron chi connectivity index (χ1n) is 7.40. The van der Waals surface area contributed by atoms with Crippen molar-refractivity contribution in [2.24, 2.45) is 0 Å². The van der Waals surface area contributed by atoms with Gasteiger partial charge in [0.15, 0.2) is 0 Å². The fourth-order valence-corrected chi connectivity index (χ4v) is 3.76. The molecule has 0 radical (unpaired) electrons. The monoisotopic (exact) mass is 366 g/mol. The summed E-state index contributed by atoms with van der Waals surface area (Å²) in [5.74, 6) is -0.157. The lowest BCUT2D eigenvalue weighted by atomic mass is 10.2. The number of aryl methyl sites for hydroxylation is 1. The summed E-state index contributed by atoms with van der Waals surface area (Å²) in [5.41, 5.74) is 1.81. The zero-order valence-corrected chi connectivity index (χ0v) is 15.1. The highest BCUT2D eigenvalue weighted by Gasteiger charge is 2.18. The van der Waals surface area contributed by atoms with E-state index in [9.17, 15) is 13.2 Å². The smallest absolute Gasteiger partial charge is 0.242 e. The molecule has 0 unspecified atom stereocenters. The van der Waals surface area contributed by atoms with Crippen molar-refractivity contribution in [2.75, 3.05) is 18.0 Å². The van der Waals surface area contributed by atoms with Crippen LogP contribution in [0.4, 0.5) is 5.69 Å². The van der Waals surface area contributed by atoms with Gasteiger partial charge in [0.05, 0.1) is 5.02 Å². The molecule has 2 aromatic rings. The van der Waals surface area contributed by atoms with Crippen molar-refractivity contribution in [3.8, 4) is 0 Å². The van der Waals surface area contributed by atoms with Crippen LogP contribution in [0.5, 0.6) is 0 Å². The van der Waals surface area contributed by atoms with Gasteiger partial charge in [0.2, 0.25) is 15.9 Å². The van der Waals surface area contributed by atoms with E-state index < -0.39 is 10.0 Å². The lowest BCUT2D eigenvalue weighted by molar-refractivity contribution is -0.116. The Kier molecular flexibility index (Phi) is 5.99. The summed E-state index contributed by atoms with van der Waals surface area (Å²) in [4.78, 5) is 13.4. The molecule has 0 spiro atoms. The van der Waals surface area contributed by atoms with Crippen molar-refractivity contribution in [3.63, 3.8) is 0 Å². The number of carbonyl (C=O) groups excluding carboxylic acids is 1. The number of sulfonamides is 1. The summed E-state index contributed by atoms with van der Waals surface area (Å²) in [6.07, 6.45) is 0. The number of carbonyl (C=O) groups is 1. The zero-order valence-electron chi connectivity index (χ0n) is 13.5. The SMILES string of the molecule is CC(=O)N(CCNS(=O)(=O)c1ccccc1Cl)c1ccc(C)cc1. The van der Waals surface area contributed by atoms with Crippen LogP contribution in [0.25, 0.3) is 0 Å². The Bertz CT molecular complexity index is 820. The summed E-state index contributed by atoms with van der Waals surface area (Å²) in [5, 5.41) is 0.159. The number of hydrogen-bond acceptors (Lipinski definition) is 3. The molecular formula is C17H19ClN2O3S. The van der Waals surface area contributed by atoms with Gasteiger partial charge in [-0.25, -0.2) is 13.1 Å². The third-order valence-corrected chi connectivity index (χ3v) is 5.44. The van der Waals surface area contributed by atoms with Crippen molar-refractivity contribution >= 4 is 33.2 Å². The maximum Gasteiger partial charge on any atom is 0.242 e. The number of anilines is 1. The van der Waals surface area contributed by atoms with Crippen LogP contribution in [0.3, 0.4) is 0 Å². The van der Waals surface area contributed by atoms with Crippen molar-refractivity contribution in [3.05, 3.63) is 59.1 Å². The lowest BCUT2D eigenvalue weighted by Crippen LogP contribution is -2.37. The summed E-state index contributed by atoms with van der Waals surface area (Å²) in [7, 11) is -3.72. The van der Waals surface area contributed by atoms with Crippen molar-refractivity contribution in [1.82, 2.24) is 4.72 Å². The largest absolute Gasteiger partial charge is 0.311 e. The molecule has 2 aromatic carbocycles. The van der Waals surface area contributed by atoms with Crippen LogP contribution in [0.2, 0.25) is 5.02 Å². The molecule has 0 aromatic heterocycles. The predicted molar refractivity (Wildman–Crippen MR) is 95.8 cm³/mol. The maximum absolute atomic E-state index is 12.3. The lowest BCUT2D eigenvalue weighted by Gasteiger charge is -2.21. The second-order valence-corrected chi connectivity index (χ2v) is 7.48. The number of halogens is 1. The Hall–Kier alpha value is -1.89. The van der Waals surface area contributed by atoms with Crippen molar-refractivity contribution in [1.29, 1.82) is 0 Å². The second kappa shape index (κ2) is 7.79. The molecule has 0 saturated heterocycles. The molecule has 0 heterocycles. The normalized spacial score (nSPS) is 11.3. The highest BCUT2D eigenvalue weighted by Crippen LogP contribution is 2.20. The van der Waals surface area contributed by atoms with Crippen LogP contribution in [0.1, 0.15) is 12.5 Å². The molecule has 1 N–H and O–H groups in total. The molecule has 0 fully saturated rings. The number of nitrogens with one attached hydrogen (secondary N) is 1. The minimum Gasteiger partial charge on any atom is -0.311 e. The van der Waals surface area contributed by atoms with E-state index in [0.717, 1.165) is 11.3 Å². The van der Waals surface area contributed by atoms with E-state index in [1.54, 1.807) is 12.1 Å². The van der Waals surface area contributed by atoms with Gasteiger partial charge in [0, 0.05) is 25.7 Å². The van der Waals surface area contributed by atoms with E-state index in [4.69, 9.17) is 11.6 Å². The van der Waals surface area contributed by atoms with Crippen molar-refractivity contribution < 1.29 is 13.2 Å². The molecule has 1 amide bonds. The topological polar surface area (TPSA) is 66.5 Å². The highest BCUT2D eigenvalue weighted by atomic mass is 35.5. The van der Waals surface area contributed by atoms with E-state index in [0.29, 0.717) is 0 Å². The molecule has 0 aliphatic carbocycles. The molecule has 0 aliphatic heterocycles. The van der Waals surface area contributed by atoms with Gasteiger partial charge < -0.3 is 4.90 Å². The van der Waals surface area contributed by atoms with E-state index in [1.807, 2.05) is 31.2 Å². The van der Waals surface area contributed by atoms with Crippen LogP contribution in [-0.4, -0.2) is 27.4 Å². The quantitative estimate of drug-likeness (QED) is 0.854. The van der Waals surface area contributed by atoms with Gasteiger partial charge in [0.25, 0.3) is 0 Å². The molecule has 0 saturated carbocycles. The Labute approximate surface area is 147 Å².